The number of rotatable bonds is 3. The van der Waals surface area contributed by atoms with Crippen LogP contribution in [0.3, 0.4) is 0 Å². The lowest BCUT2D eigenvalue weighted by Gasteiger charge is -2.31. The molecule has 1 fully saturated rings. The Morgan fingerprint density at radius 3 is 3.00 bits per heavy atom. The monoisotopic (exact) mass is 351 g/mol. The van der Waals surface area contributed by atoms with Gasteiger partial charge in [0, 0.05) is 25.2 Å². The maximum absolute atomic E-state index is 6.14. The Morgan fingerprint density at radius 2 is 2.33 bits per heavy atom. The van der Waals surface area contributed by atoms with Crippen LogP contribution in [0.4, 0.5) is 0 Å². The molecule has 18 heavy (non-hydrogen) atoms. The Bertz CT molecular complexity index is 435. The van der Waals surface area contributed by atoms with Crippen LogP contribution < -0.4 is 0 Å². The van der Waals surface area contributed by atoms with Crippen LogP contribution in [0.25, 0.3) is 0 Å². The standard InChI is InChI=1S/C11H15BrClN3OS/c1-16-3-4-18-6-8(16)11-14-7(5-17-2)9(12)10(13)15-11/h8H,3-6H2,1-2H3. The zero-order valence-corrected chi connectivity index (χ0v) is 13.5. The van der Waals surface area contributed by atoms with Crippen LogP contribution in [0.1, 0.15) is 17.6 Å². The zero-order chi connectivity index (χ0) is 13.1. The second-order valence-electron chi connectivity index (χ2n) is 4.14. The fourth-order valence-electron chi connectivity index (χ4n) is 1.82. The molecule has 100 valence electrons. The minimum absolute atomic E-state index is 0.227. The summed E-state index contributed by atoms with van der Waals surface area (Å²) in [7, 11) is 3.74. The summed E-state index contributed by atoms with van der Waals surface area (Å²) in [4.78, 5) is 11.2. The maximum atomic E-state index is 6.14. The molecule has 0 spiro atoms. The fourth-order valence-corrected chi connectivity index (χ4v) is 3.52. The third-order valence-electron chi connectivity index (χ3n) is 2.87. The minimum Gasteiger partial charge on any atom is -0.378 e. The van der Waals surface area contributed by atoms with Crippen LogP contribution in [-0.2, 0) is 11.3 Å². The van der Waals surface area contributed by atoms with Crippen molar-refractivity contribution >= 4 is 39.3 Å². The van der Waals surface area contributed by atoms with Crippen molar-refractivity contribution in [2.75, 3.05) is 32.2 Å². The minimum atomic E-state index is 0.227. The average molecular weight is 353 g/mol. The number of thioether (sulfide) groups is 1. The van der Waals surface area contributed by atoms with Crippen molar-refractivity contribution in [2.45, 2.75) is 12.6 Å². The molecule has 2 heterocycles. The number of hydrogen-bond donors (Lipinski definition) is 0. The van der Waals surface area contributed by atoms with Gasteiger partial charge < -0.3 is 4.74 Å². The van der Waals surface area contributed by atoms with Crippen LogP contribution in [0.5, 0.6) is 0 Å². The largest absolute Gasteiger partial charge is 0.378 e. The Hall–Kier alpha value is 0.120. The molecule has 0 amide bonds. The molecule has 1 aliphatic heterocycles. The van der Waals surface area contributed by atoms with Crippen LogP contribution in [-0.4, -0.2) is 47.1 Å². The van der Waals surface area contributed by atoms with E-state index >= 15 is 0 Å². The molecule has 1 atom stereocenters. The van der Waals surface area contributed by atoms with E-state index < -0.39 is 0 Å². The van der Waals surface area contributed by atoms with Crippen LogP contribution in [0, 0.1) is 0 Å². The lowest BCUT2D eigenvalue weighted by atomic mass is 10.2. The van der Waals surface area contributed by atoms with Gasteiger partial charge in [-0.2, -0.15) is 11.8 Å². The number of halogens is 2. The van der Waals surface area contributed by atoms with Gasteiger partial charge in [-0.3, -0.25) is 4.90 Å². The summed E-state index contributed by atoms with van der Waals surface area (Å²) in [5.74, 6) is 2.94. The van der Waals surface area contributed by atoms with Gasteiger partial charge >= 0.3 is 0 Å². The summed E-state index contributed by atoms with van der Waals surface area (Å²) < 4.78 is 5.86. The summed E-state index contributed by atoms with van der Waals surface area (Å²) in [6.45, 7) is 1.48. The highest BCUT2D eigenvalue weighted by atomic mass is 79.9. The summed E-state index contributed by atoms with van der Waals surface area (Å²) >= 11 is 11.5. The molecule has 1 aliphatic rings. The van der Waals surface area contributed by atoms with Crippen molar-refractivity contribution in [3.8, 4) is 0 Å². The zero-order valence-electron chi connectivity index (χ0n) is 10.3. The van der Waals surface area contributed by atoms with E-state index in [9.17, 15) is 0 Å². The first-order chi connectivity index (χ1) is 8.63. The maximum Gasteiger partial charge on any atom is 0.148 e. The van der Waals surface area contributed by atoms with E-state index in [1.165, 1.54) is 0 Å². The first-order valence-corrected chi connectivity index (χ1v) is 7.94. The molecule has 0 aliphatic carbocycles. The molecule has 7 heteroatoms. The predicted octanol–water partition coefficient (Wildman–Crippen LogP) is 2.76. The molecule has 0 radical (unpaired) electrons. The summed E-state index contributed by atoms with van der Waals surface area (Å²) in [6, 6.07) is 0.227. The van der Waals surface area contributed by atoms with Gasteiger partial charge in [-0.25, -0.2) is 9.97 Å². The number of nitrogens with zero attached hydrogens (tertiary/aromatic N) is 3. The van der Waals surface area contributed by atoms with Gasteiger partial charge in [0.15, 0.2) is 0 Å². The van der Waals surface area contributed by atoms with Crippen molar-refractivity contribution in [3.05, 3.63) is 21.1 Å². The second kappa shape index (κ2) is 6.52. The molecule has 0 bridgehead atoms. The SMILES string of the molecule is COCc1nc(C2CSCCN2C)nc(Cl)c1Br. The molecule has 2 rings (SSSR count). The van der Waals surface area contributed by atoms with Crippen LogP contribution >= 0.6 is 39.3 Å². The molecule has 0 N–H and O–H groups in total. The smallest absolute Gasteiger partial charge is 0.148 e. The van der Waals surface area contributed by atoms with Crippen molar-refractivity contribution in [1.29, 1.82) is 0 Å². The summed E-state index contributed by atoms with van der Waals surface area (Å²) in [5, 5.41) is 0.455. The van der Waals surface area contributed by atoms with E-state index in [-0.39, 0.29) is 6.04 Å². The van der Waals surface area contributed by atoms with Crippen molar-refractivity contribution in [1.82, 2.24) is 14.9 Å². The highest BCUT2D eigenvalue weighted by Crippen LogP contribution is 2.30. The molecule has 0 saturated carbocycles. The quantitative estimate of drug-likeness (QED) is 0.782. The Morgan fingerprint density at radius 1 is 1.56 bits per heavy atom. The third kappa shape index (κ3) is 3.17. The Labute approximate surface area is 125 Å². The number of methoxy groups -OCH3 is 1. The summed E-state index contributed by atoms with van der Waals surface area (Å²) in [5.41, 5.74) is 0.802. The number of aromatic nitrogens is 2. The van der Waals surface area contributed by atoms with Gasteiger partial charge in [-0.05, 0) is 23.0 Å². The van der Waals surface area contributed by atoms with Crippen LogP contribution in [0.2, 0.25) is 5.15 Å². The van der Waals surface area contributed by atoms with Gasteiger partial charge in [0.25, 0.3) is 0 Å². The lowest BCUT2D eigenvalue weighted by Crippen LogP contribution is -2.34. The van der Waals surface area contributed by atoms with E-state index in [1.807, 2.05) is 11.8 Å². The molecule has 1 aromatic rings. The molecular weight excluding hydrogens is 338 g/mol. The van der Waals surface area contributed by atoms with E-state index in [0.29, 0.717) is 11.8 Å². The Kier molecular flexibility index (Phi) is 5.26. The molecule has 0 aromatic carbocycles. The first-order valence-electron chi connectivity index (χ1n) is 5.62. The van der Waals surface area contributed by atoms with Crippen molar-refractivity contribution < 1.29 is 4.74 Å². The molecule has 4 nitrogen and oxygen atoms in total. The molecular formula is C11H15BrClN3OS. The van der Waals surface area contributed by atoms with Crippen LogP contribution in [0.15, 0.2) is 4.47 Å². The van der Waals surface area contributed by atoms with E-state index in [1.54, 1.807) is 7.11 Å². The van der Waals surface area contributed by atoms with E-state index in [2.05, 4.69) is 37.8 Å². The number of hydrogen-bond acceptors (Lipinski definition) is 5. The van der Waals surface area contributed by atoms with E-state index in [0.717, 1.165) is 34.0 Å². The van der Waals surface area contributed by atoms with E-state index in [4.69, 9.17) is 16.3 Å². The fraction of sp³-hybridized carbons (Fsp3) is 0.636. The lowest BCUT2D eigenvalue weighted by molar-refractivity contribution is 0.179. The predicted molar refractivity (Wildman–Crippen MR) is 78.2 cm³/mol. The van der Waals surface area contributed by atoms with Gasteiger partial charge in [0.2, 0.25) is 0 Å². The highest BCUT2D eigenvalue weighted by Gasteiger charge is 2.25. The normalized spacial score (nSPS) is 21.2. The molecule has 1 aromatic heterocycles. The van der Waals surface area contributed by atoms with Gasteiger partial charge in [0.05, 0.1) is 22.8 Å². The summed E-state index contributed by atoms with van der Waals surface area (Å²) in [6.07, 6.45) is 0. The second-order valence-corrected chi connectivity index (χ2v) is 6.44. The first kappa shape index (κ1) is 14.5. The van der Waals surface area contributed by atoms with Crippen molar-refractivity contribution in [3.63, 3.8) is 0 Å². The Balaban J connectivity index is 2.32. The highest BCUT2D eigenvalue weighted by molar-refractivity contribution is 9.10. The molecule has 1 unspecified atom stereocenters. The van der Waals surface area contributed by atoms with Gasteiger partial charge in [0.1, 0.15) is 11.0 Å². The van der Waals surface area contributed by atoms with Crippen molar-refractivity contribution in [2.24, 2.45) is 0 Å². The average Bonchev–Trinajstić information content (AvgIpc) is 2.35. The number of ether oxygens (including phenoxy) is 1. The molecule has 1 saturated heterocycles. The third-order valence-corrected chi connectivity index (χ3v) is 5.23. The van der Waals surface area contributed by atoms with Gasteiger partial charge in [-0.1, -0.05) is 11.6 Å². The van der Waals surface area contributed by atoms with Gasteiger partial charge in [-0.15, -0.1) is 0 Å². The topological polar surface area (TPSA) is 38.2 Å².